The molecule has 186 valence electrons. The van der Waals surface area contributed by atoms with Gasteiger partial charge >= 0.3 is 6.18 Å². The second-order valence-electron chi connectivity index (χ2n) is 10.7. The van der Waals surface area contributed by atoms with Crippen LogP contribution in [0.3, 0.4) is 0 Å². The van der Waals surface area contributed by atoms with E-state index in [2.05, 4.69) is 20.9 Å². The summed E-state index contributed by atoms with van der Waals surface area (Å²) in [7, 11) is 0. The van der Waals surface area contributed by atoms with Crippen molar-refractivity contribution in [2.24, 2.45) is 10.8 Å². The van der Waals surface area contributed by atoms with Crippen LogP contribution in [0.2, 0.25) is 0 Å². The first-order valence-corrected chi connectivity index (χ1v) is 12.5. The fourth-order valence-electron chi connectivity index (χ4n) is 6.84. The first-order valence-electron chi connectivity index (χ1n) is 12.5. The second-order valence-corrected chi connectivity index (χ2v) is 10.7. The molecule has 2 unspecified atom stereocenters. The number of halogens is 3. The number of fused-ring (bicyclic) bond motifs is 2. The van der Waals surface area contributed by atoms with Gasteiger partial charge in [0.1, 0.15) is 11.9 Å². The van der Waals surface area contributed by atoms with Gasteiger partial charge in [0, 0.05) is 49.6 Å². The van der Waals surface area contributed by atoms with Crippen LogP contribution >= 0.6 is 0 Å². The largest absolute Gasteiger partial charge is 0.396 e. The maximum Gasteiger partial charge on any atom is 0.396 e. The third-order valence-electron chi connectivity index (χ3n) is 8.82. The molecule has 0 bridgehead atoms. The molecule has 9 heteroatoms. The smallest absolute Gasteiger partial charge is 0.379 e. The zero-order valence-corrected chi connectivity index (χ0v) is 19.7. The van der Waals surface area contributed by atoms with Crippen molar-refractivity contribution in [3.8, 4) is 6.07 Å². The number of aromatic nitrogens is 1. The number of nitrogens with zero attached hydrogens (tertiary/aromatic N) is 5. The Kier molecular flexibility index (Phi) is 5.47. The van der Waals surface area contributed by atoms with Crippen molar-refractivity contribution in [3.63, 3.8) is 0 Å². The van der Waals surface area contributed by atoms with Crippen LogP contribution in [0.15, 0.2) is 30.3 Å². The highest BCUT2D eigenvalue weighted by Crippen LogP contribution is 2.75. The average Bonchev–Trinajstić information content (AvgIpc) is 3.39. The SMILES string of the molecule is N#Cc1cccc2ccc(N3CC4(CN5CCC(N6CCOCC6)CC5)CC4(C(F)(F)F)C3)nc12. The number of piperidine rings is 2. The van der Waals surface area contributed by atoms with E-state index in [-0.39, 0.29) is 13.0 Å². The van der Waals surface area contributed by atoms with E-state index in [0.29, 0.717) is 36.0 Å². The van der Waals surface area contributed by atoms with Crippen molar-refractivity contribution in [1.82, 2.24) is 14.8 Å². The van der Waals surface area contributed by atoms with Crippen LogP contribution in [0.25, 0.3) is 10.9 Å². The van der Waals surface area contributed by atoms with Crippen molar-refractivity contribution >= 4 is 16.7 Å². The van der Waals surface area contributed by atoms with E-state index >= 15 is 0 Å². The fraction of sp³-hybridized carbons (Fsp3) is 0.615. The van der Waals surface area contributed by atoms with Crippen molar-refractivity contribution < 1.29 is 17.9 Å². The number of hydrogen-bond acceptors (Lipinski definition) is 6. The molecule has 0 radical (unpaired) electrons. The van der Waals surface area contributed by atoms with Gasteiger partial charge in [-0.25, -0.2) is 4.98 Å². The summed E-state index contributed by atoms with van der Waals surface area (Å²) in [5.74, 6) is 0.529. The van der Waals surface area contributed by atoms with Gasteiger partial charge in [-0.2, -0.15) is 18.4 Å². The monoisotopic (exact) mass is 485 g/mol. The predicted molar refractivity (Wildman–Crippen MR) is 126 cm³/mol. The number of para-hydroxylation sites is 1. The highest BCUT2D eigenvalue weighted by Gasteiger charge is 2.83. The highest BCUT2D eigenvalue weighted by atomic mass is 19.4. The molecule has 2 aromatic rings. The van der Waals surface area contributed by atoms with E-state index in [1.54, 1.807) is 23.1 Å². The number of benzene rings is 1. The molecule has 1 aromatic heterocycles. The summed E-state index contributed by atoms with van der Waals surface area (Å²) in [6.07, 6.45) is -2.05. The lowest BCUT2D eigenvalue weighted by Crippen LogP contribution is -2.50. The van der Waals surface area contributed by atoms with E-state index in [1.807, 2.05) is 12.1 Å². The predicted octanol–water partition coefficient (Wildman–Crippen LogP) is 3.66. The van der Waals surface area contributed by atoms with Crippen molar-refractivity contribution in [2.75, 3.05) is 63.9 Å². The topological polar surface area (TPSA) is 55.6 Å². The molecule has 3 saturated heterocycles. The number of pyridine rings is 1. The van der Waals surface area contributed by atoms with Crippen LogP contribution in [-0.2, 0) is 4.74 Å². The zero-order valence-electron chi connectivity index (χ0n) is 19.7. The molecule has 1 aromatic carbocycles. The number of morpholine rings is 1. The van der Waals surface area contributed by atoms with E-state index in [4.69, 9.17) is 4.74 Å². The maximum atomic E-state index is 14.4. The molecule has 1 aliphatic carbocycles. The molecule has 4 heterocycles. The van der Waals surface area contributed by atoms with E-state index in [0.717, 1.165) is 57.6 Å². The molecule has 35 heavy (non-hydrogen) atoms. The van der Waals surface area contributed by atoms with Gasteiger partial charge in [-0.3, -0.25) is 4.90 Å². The molecular weight excluding hydrogens is 455 g/mol. The van der Waals surface area contributed by atoms with Gasteiger partial charge in [0.15, 0.2) is 0 Å². The summed E-state index contributed by atoms with van der Waals surface area (Å²) in [6.45, 7) is 5.90. The van der Waals surface area contributed by atoms with Gasteiger partial charge in [0.25, 0.3) is 0 Å². The molecule has 6 nitrogen and oxygen atoms in total. The number of anilines is 1. The van der Waals surface area contributed by atoms with Gasteiger partial charge in [-0.15, -0.1) is 0 Å². The third-order valence-corrected chi connectivity index (χ3v) is 8.82. The summed E-state index contributed by atoms with van der Waals surface area (Å²) >= 11 is 0. The Morgan fingerprint density at radius 3 is 2.54 bits per heavy atom. The minimum absolute atomic E-state index is 0.0615. The second kappa shape index (κ2) is 8.32. The number of ether oxygens (including phenoxy) is 1. The van der Waals surface area contributed by atoms with Crippen LogP contribution in [0.4, 0.5) is 19.0 Å². The average molecular weight is 486 g/mol. The molecule has 3 aliphatic heterocycles. The Bertz CT molecular complexity index is 1150. The Labute approximate surface area is 203 Å². The molecule has 6 rings (SSSR count). The summed E-state index contributed by atoms with van der Waals surface area (Å²) < 4.78 is 48.7. The van der Waals surface area contributed by atoms with Crippen LogP contribution in [0, 0.1) is 22.2 Å². The summed E-state index contributed by atoms with van der Waals surface area (Å²) in [5, 5.41) is 10.3. The molecule has 0 amide bonds. The zero-order chi connectivity index (χ0) is 24.3. The molecule has 0 spiro atoms. The van der Waals surface area contributed by atoms with Crippen LogP contribution in [0.1, 0.15) is 24.8 Å². The first kappa shape index (κ1) is 23.0. The Balaban J connectivity index is 1.20. The molecule has 4 aliphatic rings. The lowest BCUT2D eigenvalue weighted by atomic mass is 9.93. The van der Waals surface area contributed by atoms with Gasteiger partial charge in [-0.05, 0) is 50.6 Å². The summed E-state index contributed by atoms with van der Waals surface area (Å²) in [4.78, 5) is 11.2. The van der Waals surface area contributed by atoms with E-state index < -0.39 is 17.0 Å². The lowest BCUT2D eigenvalue weighted by Gasteiger charge is -2.41. The van der Waals surface area contributed by atoms with Crippen LogP contribution in [-0.4, -0.2) is 86.0 Å². The quantitative estimate of drug-likeness (QED) is 0.659. The normalized spacial score (nSPS) is 30.4. The molecule has 1 saturated carbocycles. The Morgan fingerprint density at radius 2 is 1.83 bits per heavy atom. The number of likely N-dealkylation sites (tertiary alicyclic amines) is 1. The van der Waals surface area contributed by atoms with Gasteiger partial charge in [0.2, 0.25) is 0 Å². The lowest BCUT2D eigenvalue weighted by molar-refractivity contribution is -0.191. The third kappa shape index (κ3) is 3.78. The first-order chi connectivity index (χ1) is 16.8. The van der Waals surface area contributed by atoms with Gasteiger partial charge < -0.3 is 14.5 Å². The highest BCUT2D eigenvalue weighted by molar-refractivity contribution is 5.85. The van der Waals surface area contributed by atoms with Crippen LogP contribution in [0.5, 0.6) is 0 Å². The molecular formula is C26H30F3N5O. The van der Waals surface area contributed by atoms with Gasteiger partial charge in [0.05, 0.1) is 29.7 Å². The fourth-order valence-corrected chi connectivity index (χ4v) is 6.84. The summed E-state index contributed by atoms with van der Waals surface area (Å²) in [6, 6.07) is 11.7. The number of hydrogen-bond donors (Lipinski definition) is 0. The van der Waals surface area contributed by atoms with Crippen molar-refractivity contribution in [2.45, 2.75) is 31.5 Å². The van der Waals surface area contributed by atoms with E-state index in [9.17, 15) is 18.4 Å². The van der Waals surface area contributed by atoms with E-state index in [1.165, 1.54) is 0 Å². The Morgan fingerprint density at radius 1 is 1.06 bits per heavy atom. The number of nitriles is 1. The van der Waals surface area contributed by atoms with Gasteiger partial charge in [-0.1, -0.05) is 12.1 Å². The van der Waals surface area contributed by atoms with Crippen LogP contribution < -0.4 is 4.90 Å². The molecule has 2 atom stereocenters. The van der Waals surface area contributed by atoms with Crippen molar-refractivity contribution in [1.29, 1.82) is 5.26 Å². The minimum Gasteiger partial charge on any atom is -0.379 e. The standard InChI is InChI=1S/C26H30F3N5O/c27-26(28,29)25-15-24(25,16-32-8-6-21(7-9-32)33-10-12-35-13-11-33)17-34(18-25)22-5-4-19-2-1-3-20(14-30)23(19)31-22/h1-5,21H,6-13,15-18H2. The minimum atomic E-state index is -4.25. The molecule has 0 N–H and O–H groups in total. The summed E-state index contributed by atoms with van der Waals surface area (Å²) in [5.41, 5.74) is -1.47. The molecule has 4 fully saturated rings. The number of alkyl halides is 3. The van der Waals surface area contributed by atoms with Crippen molar-refractivity contribution in [3.05, 3.63) is 35.9 Å². The maximum absolute atomic E-state index is 14.4. The number of rotatable bonds is 4. The Hall–Kier alpha value is -2.41.